The van der Waals surface area contributed by atoms with Gasteiger partial charge in [-0.05, 0) is 48.5 Å². The van der Waals surface area contributed by atoms with Gasteiger partial charge in [-0.15, -0.1) is 0 Å². The van der Waals surface area contributed by atoms with E-state index in [9.17, 15) is 14.7 Å². The fourth-order valence-corrected chi connectivity index (χ4v) is 2.96. The van der Waals surface area contributed by atoms with Crippen LogP contribution in [0, 0.1) is 0 Å². The number of H-pyrrole nitrogens is 1. The molecule has 2 aromatic carbocycles. The van der Waals surface area contributed by atoms with E-state index in [-0.39, 0.29) is 12.1 Å². The molecule has 4 rings (SSSR count). The summed E-state index contributed by atoms with van der Waals surface area (Å²) < 4.78 is 11.9. The molecule has 31 heavy (non-hydrogen) atoms. The number of ether oxygens (including phenoxy) is 1. The van der Waals surface area contributed by atoms with Crippen molar-refractivity contribution in [2.75, 3.05) is 0 Å². The summed E-state index contributed by atoms with van der Waals surface area (Å²) in [5, 5.41) is 10.9. The predicted octanol–water partition coefficient (Wildman–Crippen LogP) is 4.08. The number of aromatic hydroxyl groups is 1. The van der Waals surface area contributed by atoms with Crippen LogP contribution in [0.25, 0.3) is 0 Å². The van der Waals surface area contributed by atoms with Gasteiger partial charge >= 0.3 is 5.69 Å². The van der Waals surface area contributed by atoms with Crippen LogP contribution in [0.5, 0.6) is 17.4 Å². The number of aliphatic imine (C=N–C) groups is 1. The van der Waals surface area contributed by atoms with Crippen molar-refractivity contribution in [2.45, 2.75) is 6.54 Å². The number of furan rings is 1. The smallest absolute Gasteiger partial charge is 0.331 e. The largest absolute Gasteiger partial charge is 0.494 e. The molecule has 0 spiro atoms. The van der Waals surface area contributed by atoms with Gasteiger partial charge in [0.25, 0.3) is 5.56 Å². The highest BCUT2D eigenvalue weighted by Crippen LogP contribution is 2.29. The molecule has 0 aliphatic carbocycles. The van der Waals surface area contributed by atoms with E-state index < -0.39 is 17.1 Å². The van der Waals surface area contributed by atoms with Crippen LogP contribution in [-0.2, 0) is 6.54 Å². The van der Waals surface area contributed by atoms with Gasteiger partial charge in [0.2, 0.25) is 5.88 Å². The number of halogens is 1. The SMILES string of the molecule is O=c1[nH]c(=O)n(Cc2ccco2)c(O)c1C=Nc1ccc(Oc2ccccc2Cl)cc1. The molecular weight excluding hydrogens is 422 g/mol. The summed E-state index contributed by atoms with van der Waals surface area (Å²) in [5.74, 6) is 1.02. The Bertz CT molecular complexity index is 1340. The molecule has 0 saturated heterocycles. The Morgan fingerprint density at radius 1 is 1.10 bits per heavy atom. The first-order chi connectivity index (χ1) is 15.0. The molecule has 156 valence electrons. The standard InChI is InChI=1S/C22H16ClN3O5/c23-18-5-1-2-6-19(18)31-15-9-7-14(8-10-15)24-12-17-20(27)25-22(29)26(21(17)28)13-16-4-3-11-30-16/h1-12,28H,13H2,(H,25,27,29). The van der Waals surface area contributed by atoms with Crippen molar-refractivity contribution >= 4 is 23.5 Å². The van der Waals surface area contributed by atoms with E-state index in [0.717, 1.165) is 4.57 Å². The highest BCUT2D eigenvalue weighted by Gasteiger charge is 2.14. The lowest BCUT2D eigenvalue weighted by Gasteiger charge is -2.08. The Hall–Kier alpha value is -4.04. The number of hydrogen-bond donors (Lipinski definition) is 2. The molecule has 9 heteroatoms. The monoisotopic (exact) mass is 437 g/mol. The Kier molecular flexibility index (Phi) is 5.72. The number of aromatic nitrogens is 2. The maximum atomic E-state index is 12.1. The highest BCUT2D eigenvalue weighted by atomic mass is 35.5. The first kappa shape index (κ1) is 20.2. The molecule has 0 fully saturated rings. The fourth-order valence-electron chi connectivity index (χ4n) is 2.79. The Balaban J connectivity index is 1.56. The third kappa shape index (κ3) is 4.59. The molecular formula is C22H16ClN3O5. The summed E-state index contributed by atoms with van der Waals surface area (Å²) in [6.45, 7) is -0.0383. The van der Waals surface area contributed by atoms with E-state index in [1.165, 1.54) is 12.5 Å². The quantitative estimate of drug-likeness (QED) is 0.442. The summed E-state index contributed by atoms with van der Waals surface area (Å²) in [7, 11) is 0. The van der Waals surface area contributed by atoms with E-state index in [2.05, 4.69) is 9.98 Å². The van der Waals surface area contributed by atoms with Gasteiger partial charge in [0.15, 0.2) is 0 Å². The third-order valence-corrected chi connectivity index (χ3v) is 4.66. The average molecular weight is 438 g/mol. The normalized spacial score (nSPS) is 11.1. The lowest BCUT2D eigenvalue weighted by Crippen LogP contribution is -2.32. The second-order valence-corrected chi connectivity index (χ2v) is 6.85. The topological polar surface area (TPSA) is 110 Å². The highest BCUT2D eigenvalue weighted by molar-refractivity contribution is 6.32. The molecule has 0 bridgehead atoms. The molecule has 2 aromatic heterocycles. The van der Waals surface area contributed by atoms with Crippen LogP contribution in [0.1, 0.15) is 11.3 Å². The van der Waals surface area contributed by atoms with Gasteiger partial charge in [-0.3, -0.25) is 19.3 Å². The summed E-state index contributed by atoms with van der Waals surface area (Å²) in [6, 6.07) is 17.1. The first-order valence-electron chi connectivity index (χ1n) is 9.16. The van der Waals surface area contributed by atoms with Crippen LogP contribution in [0.4, 0.5) is 5.69 Å². The zero-order valence-electron chi connectivity index (χ0n) is 16.0. The maximum absolute atomic E-state index is 12.1. The zero-order valence-corrected chi connectivity index (χ0v) is 16.7. The molecule has 0 unspecified atom stereocenters. The Morgan fingerprint density at radius 2 is 1.87 bits per heavy atom. The second-order valence-electron chi connectivity index (χ2n) is 6.45. The summed E-state index contributed by atoms with van der Waals surface area (Å²) >= 11 is 6.09. The minimum absolute atomic E-state index is 0.0383. The Morgan fingerprint density at radius 3 is 2.58 bits per heavy atom. The van der Waals surface area contributed by atoms with Crippen molar-refractivity contribution in [1.29, 1.82) is 0 Å². The Labute approximate surface area is 180 Å². The van der Waals surface area contributed by atoms with Crippen LogP contribution in [0.15, 0.2) is 85.9 Å². The zero-order chi connectivity index (χ0) is 21.8. The number of nitrogens with zero attached hydrogens (tertiary/aromatic N) is 2. The van der Waals surface area contributed by atoms with E-state index in [4.69, 9.17) is 20.8 Å². The number of hydrogen-bond acceptors (Lipinski definition) is 6. The van der Waals surface area contributed by atoms with Crippen molar-refractivity contribution in [3.63, 3.8) is 0 Å². The molecule has 0 saturated carbocycles. The molecule has 0 atom stereocenters. The van der Waals surface area contributed by atoms with Crippen LogP contribution in [0.3, 0.4) is 0 Å². The number of para-hydroxylation sites is 1. The molecule has 4 aromatic rings. The second kappa shape index (κ2) is 8.76. The minimum Gasteiger partial charge on any atom is -0.494 e. The van der Waals surface area contributed by atoms with E-state index in [1.54, 1.807) is 48.5 Å². The van der Waals surface area contributed by atoms with Crippen molar-refractivity contribution < 1.29 is 14.3 Å². The first-order valence-corrected chi connectivity index (χ1v) is 9.54. The predicted molar refractivity (Wildman–Crippen MR) is 116 cm³/mol. The average Bonchev–Trinajstić information content (AvgIpc) is 3.27. The van der Waals surface area contributed by atoms with Crippen LogP contribution in [-0.4, -0.2) is 20.9 Å². The fraction of sp³-hybridized carbons (Fsp3) is 0.0455. The minimum atomic E-state index is -0.753. The summed E-state index contributed by atoms with van der Waals surface area (Å²) in [4.78, 5) is 30.6. The van der Waals surface area contributed by atoms with Gasteiger partial charge in [0.05, 0.1) is 23.5 Å². The van der Waals surface area contributed by atoms with Crippen molar-refractivity contribution in [1.82, 2.24) is 9.55 Å². The van der Waals surface area contributed by atoms with E-state index >= 15 is 0 Å². The number of benzene rings is 2. The van der Waals surface area contributed by atoms with Gasteiger partial charge in [-0.1, -0.05) is 23.7 Å². The lowest BCUT2D eigenvalue weighted by atomic mass is 10.3. The summed E-state index contributed by atoms with van der Waals surface area (Å²) in [5.41, 5.74) is -1.14. The van der Waals surface area contributed by atoms with Crippen molar-refractivity contribution in [3.8, 4) is 17.4 Å². The van der Waals surface area contributed by atoms with Gasteiger partial charge in [0, 0.05) is 6.21 Å². The number of rotatable bonds is 6. The molecule has 0 amide bonds. The summed E-state index contributed by atoms with van der Waals surface area (Å²) in [6.07, 6.45) is 2.64. The maximum Gasteiger partial charge on any atom is 0.331 e. The third-order valence-electron chi connectivity index (χ3n) is 4.34. The molecule has 0 aliphatic heterocycles. The van der Waals surface area contributed by atoms with Gasteiger partial charge in [-0.2, -0.15) is 0 Å². The lowest BCUT2D eigenvalue weighted by molar-refractivity contribution is 0.392. The molecule has 0 aliphatic rings. The van der Waals surface area contributed by atoms with Gasteiger partial charge < -0.3 is 14.3 Å². The van der Waals surface area contributed by atoms with Crippen LogP contribution < -0.4 is 16.0 Å². The van der Waals surface area contributed by atoms with Crippen LogP contribution in [0.2, 0.25) is 5.02 Å². The van der Waals surface area contributed by atoms with E-state index in [0.29, 0.717) is 28.0 Å². The van der Waals surface area contributed by atoms with Gasteiger partial charge in [0.1, 0.15) is 22.8 Å². The molecule has 8 nitrogen and oxygen atoms in total. The molecule has 2 heterocycles. The van der Waals surface area contributed by atoms with Crippen LogP contribution >= 0.6 is 11.6 Å². The molecule has 0 radical (unpaired) electrons. The van der Waals surface area contributed by atoms with Crippen molar-refractivity contribution in [2.24, 2.45) is 4.99 Å². The van der Waals surface area contributed by atoms with Crippen molar-refractivity contribution in [3.05, 3.63) is 104 Å². The molecule has 2 N–H and O–H groups in total. The van der Waals surface area contributed by atoms with Gasteiger partial charge in [-0.25, -0.2) is 4.79 Å². The number of nitrogens with one attached hydrogen (secondary N) is 1. The van der Waals surface area contributed by atoms with E-state index in [1.807, 2.05) is 12.1 Å². The number of aromatic amines is 1.